The normalized spacial score (nSPS) is 10.4. The molecule has 0 atom stereocenters. The Morgan fingerprint density at radius 3 is 2.62 bits per heavy atom. The van der Waals surface area contributed by atoms with Crippen molar-refractivity contribution in [1.29, 1.82) is 0 Å². The molecule has 0 aromatic heterocycles. The van der Waals surface area contributed by atoms with Crippen LogP contribution in [0.25, 0.3) is 0 Å². The molecule has 0 heterocycles. The van der Waals surface area contributed by atoms with E-state index < -0.39 is 0 Å². The van der Waals surface area contributed by atoms with Crippen LogP contribution in [0, 0.1) is 6.92 Å². The first-order chi connectivity index (χ1) is 7.69. The molecule has 0 aliphatic rings. The van der Waals surface area contributed by atoms with Gasteiger partial charge in [0.1, 0.15) is 0 Å². The summed E-state index contributed by atoms with van der Waals surface area (Å²) in [5, 5.41) is 9.05. The maximum Gasteiger partial charge on any atom is 0.0606 e. The van der Waals surface area contributed by atoms with Gasteiger partial charge in [0.25, 0.3) is 0 Å². The largest absolute Gasteiger partial charge is 0.399 e. The molecular weight excluding hydrogens is 200 g/mol. The Morgan fingerprint density at radius 2 is 2.06 bits per heavy atom. The molecular formula is C13H22N2O. The number of aryl methyl sites for hydroxylation is 1. The SMILES string of the molecule is CCCCN(CCO)c1ccc(N)c(C)c1. The van der Waals surface area contributed by atoms with Crippen molar-refractivity contribution in [2.75, 3.05) is 30.3 Å². The Labute approximate surface area is 97.9 Å². The van der Waals surface area contributed by atoms with Crippen LogP contribution in [0.2, 0.25) is 0 Å². The zero-order valence-electron chi connectivity index (χ0n) is 10.2. The number of nitrogens with zero attached hydrogens (tertiary/aromatic N) is 1. The van der Waals surface area contributed by atoms with E-state index in [0.29, 0.717) is 6.54 Å². The van der Waals surface area contributed by atoms with Crippen LogP contribution >= 0.6 is 0 Å². The lowest BCUT2D eigenvalue weighted by molar-refractivity contribution is 0.301. The number of aliphatic hydroxyl groups excluding tert-OH is 1. The highest BCUT2D eigenvalue weighted by atomic mass is 16.3. The third-order valence-electron chi connectivity index (χ3n) is 2.77. The molecule has 1 aromatic carbocycles. The van der Waals surface area contributed by atoms with E-state index in [2.05, 4.69) is 17.9 Å². The number of benzene rings is 1. The molecule has 0 saturated carbocycles. The fourth-order valence-corrected chi connectivity index (χ4v) is 1.70. The maximum atomic E-state index is 9.05. The molecule has 0 fully saturated rings. The van der Waals surface area contributed by atoms with E-state index in [1.807, 2.05) is 19.1 Å². The van der Waals surface area contributed by atoms with Gasteiger partial charge in [0.2, 0.25) is 0 Å². The van der Waals surface area contributed by atoms with Crippen LogP contribution in [0.1, 0.15) is 25.3 Å². The van der Waals surface area contributed by atoms with Gasteiger partial charge in [-0.25, -0.2) is 0 Å². The monoisotopic (exact) mass is 222 g/mol. The molecule has 3 N–H and O–H groups in total. The molecule has 0 unspecified atom stereocenters. The van der Waals surface area contributed by atoms with Crippen molar-refractivity contribution in [2.45, 2.75) is 26.7 Å². The molecule has 1 aromatic rings. The van der Waals surface area contributed by atoms with Crippen LogP contribution in [0.5, 0.6) is 0 Å². The van der Waals surface area contributed by atoms with Gasteiger partial charge in [-0.05, 0) is 37.1 Å². The summed E-state index contributed by atoms with van der Waals surface area (Å²) in [5.41, 5.74) is 8.86. The fourth-order valence-electron chi connectivity index (χ4n) is 1.70. The molecule has 3 nitrogen and oxygen atoms in total. The molecule has 0 bridgehead atoms. The van der Waals surface area contributed by atoms with Gasteiger partial charge in [-0.1, -0.05) is 13.3 Å². The van der Waals surface area contributed by atoms with Crippen LogP contribution in [0.3, 0.4) is 0 Å². The third-order valence-corrected chi connectivity index (χ3v) is 2.77. The maximum absolute atomic E-state index is 9.05. The van der Waals surface area contributed by atoms with Crippen LogP contribution in [-0.4, -0.2) is 24.8 Å². The lowest BCUT2D eigenvalue weighted by Crippen LogP contribution is -2.27. The zero-order valence-corrected chi connectivity index (χ0v) is 10.2. The third kappa shape index (κ3) is 3.42. The van der Waals surface area contributed by atoms with E-state index in [4.69, 9.17) is 10.8 Å². The van der Waals surface area contributed by atoms with E-state index in [1.165, 1.54) is 0 Å². The van der Waals surface area contributed by atoms with Gasteiger partial charge in [-0.3, -0.25) is 0 Å². The van der Waals surface area contributed by atoms with Gasteiger partial charge >= 0.3 is 0 Å². The van der Waals surface area contributed by atoms with E-state index in [0.717, 1.165) is 36.3 Å². The van der Waals surface area contributed by atoms with Crippen LogP contribution in [0.15, 0.2) is 18.2 Å². The minimum Gasteiger partial charge on any atom is -0.399 e. The van der Waals surface area contributed by atoms with E-state index in [-0.39, 0.29) is 6.61 Å². The summed E-state index contributed by atoms with van der Waals surface area (Å²) in [6.45, 7) is 6.04. The van der Waals surface area contributed by atoms with Crippen molar-refractivity contribution in [3.05, 3.63) is 23.8 Å². The summed E-state index contributed by atoms with van der Waals surface area (Å²) in [4.78, 5) is 2.20. The number of hydrogen-bond donors (Lipinski definition) is 2. The predicted octanol–water partition coefficient (Wildman–Crippen LogP) is 2.18. The lowest BCUT2D eigenvalue weighted by atomic mass is 10.1. The van der Waals surface area contributed by atoms with E-state index >= 15 is 0 Å². The highest BCUT2D eigenvalue weighted by Crippen LogP contribution is 2.20. The number of unbranched alkanes of at least 4 members (excludes halogenated alkanes) is 1. The van der Waals surface area contributed by atoms with Gasteiger partial charge in [-0.15, -0.1) is 0 Å². The number of aliphatic hydroxyl groups is 1. The molecule has 0 aliphatic carbocycles. The Morgan fingerprint density at radius 1 is 1.31 bits per heavy atom. The second-order valence-electron chi connectivity index (χ2n) is 4.11. The topological polar surface area (TPSA) is 49.5 Å². The van der Waals surface area contributed by atoms with Crippen molar-refractivity contribution < 1.29 is 5.11 Å². The van der Waals surface area contributed by atoms with Crippen molar-refractivity contribution in [3.63, 3.8) is 0 Å². The number of rotatable bonds is 6. The van der Waals surface area contributed by atoms with Gasteiger partial charge < -0.3 is 15.7 Å². The first-order valence-electron chi connectivity index (χ1n) is 5.91. The summed E-state index contributed by atoms with van der Waals surface area (Å²) >= 11 is 0. The van der Waals surface area contributed by atoms with Crippen molar-refractivity contribution >= 4 is 11.4 Å². The fraction of sp³-hybridized carbons (Fsp3) is 0.538. The summed E-state index contributed by atoms with van der Waals surface area (Å²) in [6, 6.07) is 6.04. The molecule has 0 radical (unpaired) electrons. The first kappa shape index (κ1) is 12.8. The predicted molar refractivity (Wildman–Crippen MR) is 69.8 cm³/mol. The lowest BCUT2D eigenvalue weighted by Gasteiger charge is -2.24. The van der Waals surface area contributed by atoms with Crippen molar-refractivity contribution in [3.8, 4) is 0 Å². The summed E-state index contributed by atoms with van der Waals surface area (Å²) < 4.78 is 0. The second kappa shape index (κ2) is 6.38. The summed E-state index contributed by atoms with van der Waals surface area (Å²) in [6.07, 6.45) is 2.30. The minimum absolute atomic E-state index is 0.188. The highest BCUT2D eigenvalue weighted by Gasteiger charge is 2.06. The van der Waals surface area contributed by atoms with Gasteiger partial charge in [0.15, 0.2) is 0 Å². The average molecular weight is 222 g/mol. The van der Waals surface area contributed by atoms with Crippen LogP contribution in [0.4, 0.5) is 11.4 Å². The van der Waals surface area contributed by atoms with Gasteiger partial charge in [0.05, 0.1) is 6.61 Å². The molecule has 3 heteroatoms. The number of nitrogens with two attached hydrogens (primary N) is 1. The zero-order chi connectivity index (χ0) is 12.0. The Balaban J connectivity index is 2.78. The minimum atomic E-state index is 0.188. The summed E-state index contributed by atoms with van der Waals surface area (Å²) in [5.74, 6) is 0. The molecule has 0 amide bonds. The molecule has 1 rings (SSSR count). The average Bonchev–Trinajstić information content (AvgIpc) is 2.28. The highest BCUT2D eigenvalue weighted by molar-refractivity contribution is 5.58. The van der Waals surface area contributed by atoms with Gasteiger partial charge in [0, 0.05) is 24.5 Å². The van der Waals surface area contributed by atoms with Crippen LogP contribution in [-0.2, 0) is 0 Å². The van der Waals surface area contributed by atoms with Gasteiger partial charge in [-0.2, -0.15) is 0 Å². The molecule has 16 heavy (non-hydrogen) atoms. The quantitative estimate of drug-likeness (QED) is 0.725. The first-order valence-corrected chi connectivity index (χ1v) is 5.91. The Hall–Kier alpha value is -1.22. The van der Waals surface area contributed by atoms with Crippen molar-refractivity contribution in [2.24, 2.45) is 0 Å². The molecule has 0 aliphatic heterocycles. The second-order valence-corrected chi connectivity index (χ2v) is 4.11. The van der Waals surface area contributed by atoms with E-state index in [9.17, 15) is 0 Å². The number of anilines is 2. The van der Waals surface area contributed by atoms with E-state index in [1.54, 1.807) is 0 Å². The Kier molecular flexibility index (Phi) is 5.12. The Bertz CT molecular complexity index is 326. The molecule has 0 saturated heterocycles. The number of hydrogen-bond acceptors (Lipinski definition) is 3. The molecule has 90 valence electrons. The smallest absolute Gasteiger partial charge is 0.0606 e. The van der Waals surface area contributed by atoms with Crippen LogP contribution < -0.4 is 10.6 Å². The summed E-state index contributed by atoms with van der Waals surface area (Å²) in [7, 11) is 0. The standard InChI is InChI=1S/C13H22N2O/c1-3-4-7-15(8-9-16)12-5-6-13(14)11(2)10-12/h5-6,10,16H,3-4,7-9,14H2,1-2H3. The number of nitrogen functional groups attached to an aromatic ring is 1. The molecule has 0 spiro atoms. The van der Waals surface area contributed by atoms with Crippen molar-refractivity contribution in [1.82, 2.24) is 0 Å².